The maximum Gasteiger partial charge on any atom is 0.129 e. The van der Waals surface area contributed by atoms with Gasteiger partial charge < -0.3 is 4.90 Å². The third-order valence-corrected chi connectivity index (χ3v) is 3.11. The molecule has 0 unspecified atom stereocenters. The van der Waals surface area contributed by atoms with E-state index in [0.29, 0.717) is 0 Å². The minimum atomic E-state index is 0.876. The molecule has 0 saturated heterocycles. The second-order valence-electron chi connectivity index (χ2n) is 3.98. The van der Waals surface area contributed by atoms with Crippen LogP contribution in [0.5, 0.6) is 0 Å². The molecule has 1 aromatic heterocycles. The summed E-state index contributed by atoms with van der Waals surface area (Å²) in [5, 5.41) is 0. The largest absolute Gasteiger partial charge is 0.359 e. The molecule has 3 heteroatoms. The first kappa shape index (κ1) is 12.1. The molecule has 17 heavy (non-hydrogen) atoms. The Morgan fingerprint density at radius 2 is 1.82 bits per heavy atom. The molecule has 88 valence electrons. The highest BCUT2D eigenvalue weighted by Crippen LogP contribution is 2.14. The number of benzene rings is 1. The van der Waals surface area contributed by atoms with Crippen LogP contribution in [-0.4, -0.2) is 18.6 Å². The zero-order valence-corrected chi connectivity index (χ0v) is 11.4. The van der Waals surface area contributed by atoms with Crippen LogP contribution in [0.25, 0.3) is 0 Å². The van der Waals surface area contributed by atoms with Crippen molar-refractivity contribution >= 4 is 21.7 Å². The molecule has 2 aromatic rings. The second-order valence-corrected chi connectivity index (χ2v) is 4.79. The van der Waals surface area contributed by atoms with Crippen molar-refractivity contribution in [2.45, 2.75) is 6.42 Å². The molecule has 0 N–H and O–H groups in total. The molecule has 0 atom stereocenters. The molecule has 0 aliphatic rings. The normalized spacial score (nSPS) is 10.2. The van der Waals surface area contributed by atoms with E-state index in [0.717, 1.165) is 23.4 Å². The Balaban J connectivity index is 1.96. The fraction of sp³-hybridized carbons (Fsp3) is 0.214. The standard InChI is InChI=1S/C14H15BrN2/c1-17(14-9-5-8-13(15)16-14)11-10-12-6-3-2-4-7-12/h2-9H,10-11H2,1H3. The van der Waals surface area contributed by atoms with E-state index in [9.17, 15) is 0 Å². The lowest BCUT2D eigenvalue weighted by Gasteiger charge is -2.18. The summed E-state index contributed by atoms with van der Waals surface area (Å²) in [5.74, 6) is 0.996. The minimum absolute atomic E-state index is 0.876. The van der Waals surface area contributed by atoms with Gasteiger partial charge >= 0.3 is 0 Å². The molecule has 0 bridgehead atoms. The first-order valence-corrected chi connectivity index (χ1v) is 6.42. The predicted molar refractivity (Wildman–Crippen MR) is 75.4 cm³/mol. The smallest absolute Gasteiger partial charge is 0.129 e. The summed E-state index contributed by atoms with van der Waals surface area (Å²) in [6, 6.07) is 16.5. The molecule has 1 heterocycles. The summed E-state index contributed by atoms with van der Waals surface area (Å²) in [4.78, 5) is 6.59. The van der Waals surface area contributed by atoms with E-state index in [1.165, 1.54) is 5.56 Å². The number of hydrogen-bond donors (Lipinski definition) is 0. The van der Waals surface area contributed by atoms with Crippen LogP contribution in [0.4, 0.5) is 5.82 Å². The van der Waals surface area contributed by atoms with Gasteiger partial charge in [-0.05, 0) is 40.0 Å². The van der Waals surface area contributed by atoms with Crippen LogP contribution in [0.15, 0.2) is 53.1 Å². The average Bonchev–Trinajstić information content (AvgIpc) is 2.37. The van der Waals surface area contributed by atoms with Crippen molar-refractivity contribution in [1.29, 1.82) is 0 Å². The van der Waals surface area contributed by atoms with Gasteiger partial charge in [-0.3, -0.25) is 0 Å². The first-order valence-electron chi connectivity index (χ1n) is 5.63. The zero-order chi connectivity index (χ0) is 12.1. The number of likely N-dealkylation sites (N-methyl/N-ethyl adjacent to an activating group) is 1. The zero-order valence-electron chi connectivity index (χ0n) is 9.81. The van der Waals surface area contributed by atoms with Crippen molar-refractivity contribution in [1.82, 2.24) is 4.98 Å². The summed E-state index contributed by atoms with van der Waals surface area (Å²) < 4.78 is 0.876. The Kier molecular flexibility index (Phi) is 4.15. The van der Waals surface area contributed by atoms with Crippen LogP contribution in [0.3, 0.4) is 0 Å². The molecule has 2 nitrogen and oxygen atoms in total. The molecule has 0 fully saturated rings. The number of rotatable bonds is 4. The molecular weight excluding hydrogens is 276 g/mol. The predicted octanol–water partition coefficient (Wildman–Crippen LogP) is 3.52. The van der Waals surface area contributed by atoms with Crippen LogP contribution in [0.1, 0.15) is 5.56 Å². The van der Waals surface area contributed by atoms with Crippen molar-refractivity contribution in [3.63, 3.8) is 0 Å². The third kappa shape index (κ3) is 3.56. The van der Waals surface area contributed by atoms with Crippen molar-refractivity contribution in [3.05, 3.63) is 58.7 Å². The molecule has 0 amide bonds. The average molecular weight is 291 g/mol. The van der Waals surface area contributed by atoms with E-state index in [1.807, 2.05) is 24.3 Å². The van der Waals surface area contributed by atoms with Gasteiger partial charge in [-0.25, -0.2) is 4.98 Å². The van der Waals surface area contributed by atoms with Crippen molar-refractivity contribution < 1.29 is 0 Å². The Bertz CT molecular complexity index is 471. The minimum Gasteiger partial charge on any atom is -0.359 e. The number of nitrogens with zero attached hydrogens (tertiary/aromatic N) is 2. The number of pyridine rings is 1. The molecular formula is C14H15BrN2. The number of anilines is 1. The molecule has 0 aliphatic heterocycles. The summed E-state index contributed by atoms with van der Waals surface area (Å²) in [6.07, 6.45) is 1.03. The maximum atomic E-state index is 4.43. The first-order chi connectivity index (χ1) is 8.25. The highest BCUT2D eigenvalue weighted by Gasteiger charge is 2.02. The van der Waals surface area contributed by atoms with Gasteiger partial charge in [0.1, 0.15) is 10.4 Å². The van der Waals surface area contributed by atoms with Gasteiger partial charge in [-0.1, -0.05) is 36.4 Å². The molecule has 0 saturated carbocycles. The highest BCUT2D eigenvalue weighted by atomic mass is 79.9. The molecule has 0 aliphatic carbocycles. The fourth-order valence-electron chi connectivity index (χ4n) is 1.67. The van der Waals surface area contributed by atoms with Gasteiger partial charge in [0.15, 0.2) is 0 Å². The Morgan fingerprint density at radius 1 is 1.06 bits per heavy atom. The van der Waals surface area contributed by atoms with Gasteiger partial charge in [0.2, 0.25) is 0 Å². The lowest BCUT2D eigenvalue weighted by Crippen LogP contribution is -2.21. The summed E-state index contributed by atoms with van der Waals surface area (Å²) in [7, 11) is 2.07. The van der Waals surface area contributed by atoms with Gasteiger partial charge in [-0.2, -0.15) is 0 Å². The molecule has 2 rings (SSSR count). The quantitative estimate of drug-likeness (QED) is 0.801. The summed E-state index contributed by atoms with van der Waals surface area (Å²) >= 11 is 3.39. The molecule has 0 spiro atoms. The number of halogens is 1. The van der Waals surface area contributed by atoms with E-state index in [1.54, 1.807) is 0 Å². The monoisotopic (exact) mass is 290 g/mol. The second kappa shape index (κ2) is 5.82. The van der Waals surface area contributed by atoms with Crippen molar-refractivity contribution in [2.24, 2.45) is 0 Å². The van der Waals surface area contributed by atoms with Crippen LogP contribution < -0.4 is 4.90 Å². The Labute approximate surface area is 110 Å². The maximum absolute atomic E-state index is 4.43. The van der Waals surface area contributed by atoms with E-state index in [4.69, 9.17) is 0 Å². The van der Waals surface area contributed by atoms with Crippen LogP contribution in [0, 0.1) is 0 Å². The number of hydrogen-bond acceptors (Lipinski definition) is 2. The van der Waals surface area contributed by atoms with Crippen LogP contribution >= 0.6 is 15.9 Å². The molecule has 1 aromatic carbocycles. The van der Waals surface area contributed by atoms with Crippen molar-refractivity contribution in [2.75, 3.05) is 18.5 Å². The summed E-state index contributed by atoms with van der Waals surface area (Å²) in [5.41, 5.74) is 1.36. The Hall–Kier alpha value is -1.35. The Morgan fingerprint density at radius 3 is 2.53 bits per heavy atom. The lowest BCUT2D eigenvalue weighted by atomic mass is 10.1. The highest BCUT2D eigenvalue weighted by molar-refractivity contribution is 9.10. The lowest BCUT2D eigenvalue weighted by molar-refractivity contribution is 0.858. The van der Waals surface area contributed by atoms with E-state index in [-0.39, 0.29) is 0 Å². The van der Waals surface area contributed by atoms with E-state index in [2.05, 4.69) is 57.1 Å². The SMILES string of the molecule is CN(CCc1ccccc1)c1cccc(Br)n1. The van der Waals surface area contributed by atoms with Crippen LogP contribution in [0.2, 0.25) is 0 Å². The van der Waals surface area contributed by atoms with E-state index < -0.39 is 0 Å². The van der Waals surface area contributed by atoms with Gasteiger partial charge in [0.25, 0.3) is 0 Å². The topological polar surface area (TPSA) is 16.1 Å². The fourth-order valence-corrected chi connectivity index (χ4v) is 2.00. The van der Waals surface area contributed by atoms with Gasteiger partial charge in [0.05, 0.1) is 0 Å². The molecule has 0 radical (unpaired) electrons. The number of aromatic nitrogens is 1. The summed E-state index contributed by atoms with van der Waals surface area (Å²) in [6.45, 7) is 0.966. The van der Waals surface area contributed by atoms with Crippen molar-refractivity contribution in [3.8, 4) is 0 Å². The van der Waals surface area contributed by atoms with E-state index >= 15 is 0 Å². The van der Waals surface area contributed by atoms with Gasteiger partial charge in [-0.15, -0.1) is 0 Å². The van der Waals surface area contributed by atoms with Gasteiger partial charge in [0, 0.05) is 13.6 Å². The van der Waals surface area contributed by atoms with Crippen LogP contribution in [-0.2, 0) is 6.42 Å². The third-order valence-electron chi connectivity index (χ3n) is 2.67.